The Balaban J connectivity index is 1.97. The van der Waals surface area contributed by atoms with E-state index in [1.807, 2.05) is 24.3 Å². The fourth-order valence-electron chi connectivity index (χ4n) is 1.38. The molecule has 0 aliphatic rings. The molecule has 0 aromatic carbocycles. The summed E-state index contributed by atoms with van der Waals surface area (Å²) in [5.41, 5.74) is 1.79. The maximum absolute atomic E-state index is 5.60. The van der Waals surface area contributed by atoms with Crippen molar-refractivity contribution >= 4 is 15.9 Å². The van der Waals surface area contributed by atoms with Crippen molar-refractivity contribution in [2.45, 2.75) is 11.9 Å². The van der Waals surface area contributed by atoms with E-state index < -0.39 is 0 Å². The Morgan fingerprint density at radius 3 is 2.72 bits per heavy atom. The number of aromatic nitrogens is 2. The minimum Gasteiger partial charge on any atom is -0.486 e. The van der Waals surface area contributed by atoms with Gasteiger partial charge in [0.05, 0.1) is 24.7 Å². The van der Waals surface area contributed by atoms with Gasteiger partial charge in [0.1, 0.15) is 12.4 Å². The van der Waals surface area contributed by atoms with E-state index in [0.717, 1.165) is 22.5 Å². The third-order valence-corrected chi connectivity index (χ3v) is 2.89. The molecule has 18 heavy (non-hydrogen) atoms. The molecule has 0 saturated carbocycles. The Kier molecular flexibility index (Phi) is 4.52. The molecule has 0 saturated heterocycles. The second-order valence-corrected chi connectivity index (χ2v) is 4.14. The smallest absolute Gasteiger partial charge is 0.213 e. The van der Waals surface area contributed by atoms with Crippen molar-refractivity contribution in [3.05, 3.63) is 47.9 Å². The van der Waals surface area contributed by atoms with E-state index in [-0.39, 0.29) is 0 Å². The Morgan fingerprint density at radius 2 is 2.06 bits per heavy atom. The fourth-order valence-corrected chi connectivity index (χ4v) is 1.72. The zero-order chi connectivity index (χ0) is 12.8. The lowest BCUT2D eigenvalue weighted by molar-refractivity contribution is 0.297. The summed E-state index contributed by atoms with van der Waals surface area (Å²) in [6.07, 6.45) is 1.71. The standard InChI is InChI=1S/C13H13BrN2O2/c1-17-13-4-2-3-11(16-13)9-18-12-6-5-10(7-14)15-8-12/h2-6,8H,7,9H2,1H3. The summed E-state index contributed by atoms with van der Waals surface area (Å²) < 4.78 is 10.6. The maximum Gasteiger partial charge on any atom is 0.213 e. The van der Waals surface area contributed by atoms with E-state index in [9.17, 15) is 0 Å². The highest BCUT2D eigenvalue weighted by molar-refractivity contribution is 9.08. The van der Waals surface area contributed by atoms with Gasteiger partial charge in [0.15, 0.2) is 0 Å². The molecule has 2 aromatic heterocycles. The monoisotopic (exact) mass is 308 g/mol. The maximum atomic E-state index is 5.60. The Bertz CT molecular complexity index is 503. The molecule has 0 aliphatic carbocycles. The highest BCUT2D eigenvalue weighted by Crippen LogP contribution is 2.13. The first-order valence-electron chi connectivity index (χ1n) is 5.45. The molecular formula is C13H13BrN2O2. The number of pyridine rings is 2. The molecule has 0 unspecified atom stereocenters. The highest BCUT2D eigenvalue weighted by atomic mass is 79.9. The minimum atomic E-state index is 0.395. The van der Waals surface area contributed by atoms with Gasteiger partial charge >= 0.3 is 0 Å². The first-order chi connectivity index (χ1) is 8.81. The van der Waals surface area contributed by atoms with E-state index >= 15 is 0 Å². The van der Waals surface area contributed by atoms with E-state index in [1.54, 1.807) is 19.4 Å². The molecule has 0 spiro atoms. The number of halogens is 1. The molecule has 2 aromatic rings. The number of hydrogen-bond acceptors (Lipinski definition) is 4. The van der Waals surface area contributed by atoms with Crippen LogP contribution in [0.3, 0.4) is 0 Å². The second kappa shape index (κ2) is 6.35. The lowest BCUT2D eigenvalue weighted by Gasteiger charge is -2.06. The van der Waals surface area contributed by atoms with Crippen molar-refractivity contribution in [1.82, 2.24) is 9.97 Å². The number of alkyl halides is 1. The van der Waals surface area contributed by atoms with Crippen LogP contribution in [0, 0.1) is 0 Å². The topological polar surface area (TPSA) is 44.2 Å². The van der Waals surface area contributed by atoms with Crippen LogP contribution in [0.15, 0.2) is 36.5 Å². The van der Waals surface area contributed by atoms with Crippen LogP contribution >= 0.6 is 15.9 Å². The van der Waals surface area contributed by atoms with Crippen LogP contribution < -0.4 is 9.47 Å². The molecule has 0 fully saturated rings. The molecule has 4 nitrogen and oxygen atoms in total. The summed E-state index contributed by atoms with van der Waals surface area (Å²) in [7, 11) is 1.59. The molecule has 0 radical (unpaired) electrons. The molecule has 0 aliphatic heterocycles. The number of nitrogens with zero attached hydrogens (tertiary/aromatic N) is 2. The lowest BCUT2D eigenvalue weighted by atomic mass is 10.3. The van der Waals surface area contributed by atoms with E-state index in [1.165, 1.54) is 0 Å². The zero-order valence-corrected chi connectivity index (χ0v) is 11.6. The van der Waals surface area contributed by atoms with Gasteiger partial charge < -0.3 is 9.47 Å². The summed E-state index contributed by atoms with van der Waals surface area (Å²) >= 11 is 3.35. The van der Waals surface area contributed by atoms with Crippen LogP contribution in [0.1, 0.15) is 11.4 Å². The Labute approximate surface area is 114 Å². The van der Waals surface area contributed by atoms with Crippen LogP contribution in [0.25, 0.3) is 0 Å². The molecule has 0 N–H and O–H groups in total. The molecule has 0 atom stereocenters. The Morgan fingerprint density at radius 1 is 1.17 bits per heavy atom. The SMILES string of the molecule is COc1cccc(COc2ccc(CBr)nc2)n1. The van der Waals surface area contributed by atoms with Crippen LogP contribution in [0.2, 0.25) is 0 Å². The van der Waals surface area contributed by atoms with Gasteiger partial charge in [0.25, 0.3) is 0 Å². The van der Waals surface area contributed by atoms with Gasteiger partial charge in [0.2, 0.25) is 5.88 Å². The summed E-state index contributed by atoms with van der Waals surface area (Å²) in [6.45, 7) is 0.395. The van der Waals surface area contributed by atoms with Crippen molar-refractivity contribution in [1.29, 1.82) is 0 Å². The van der Waals surface area contributed by atoms with E-state index in [2.05, 4.69) is 25.9 Å². The van der Waals surface area contributed by atoms with Crippen LogP contribution in [-0.2, 0) is 11.9 Å². The molecule has 5 heteroatoms. The third-order valence-electron chi connectivity index (χ3n) is 2.31. The first kappa shape index (κ1) is 12.8. The van der Waals surface area contributed by atoms with Gasteiger partial charge in [-0.3, -0.25) is 4.98 Å². The largest absolute Gasteiger partial charge is 0.486 e. The average molecular weight is 309 g/mol. The minimum absolute atomic E-state index is 0.395. The normalized spacial score (nSPS) is 10.1. The third kappa shape index (κ3) is 3.43. The van der Waals surface area contributed by atoms with Crippen molar-refractivity contribution < 1.29 is 9.47 Å². The number of methoxy groups -OCH3 is 1. The first-order valence-corrected chi connectivity index (χ1v) is 6.57. The van der Waals surface area contributed by atoms with Gasteiger partial charge in [-0.15, -0.1) is 0 Å². The second-order valence-electron chi connectivity index (χ2n) is 3.58. The molecule has 94 valence electrons. The molecule has 2 heterocycles. The molecule has 0 bridgehead atoms. The predicted octanol–water partition coefficient (Wildman–Crippen LogP) is 2.96. The average Bonchev–Trinajstić information content (AvgIpc) is 2.46. The zero-order valence-electron chi connectivity index (χ0n) is 9.97. The van der Waals surface area contributed by atoms with Crippen LogP contribution in [0.4, 0.5) is 0 Å². The van der Waals surface area contributed by atoms with E-state index in [0.29, 0.717) is 12.5 Å². The number of hydrogen-bond donors (Lipinski definition) is 0. The summed E-state index contributed by atoms with van der Waals surface area (Å²) in [6, 6.07) is 9.39. The van der Waals surface area contributed by atoms with Crippen molar-refractivity contribution in [2.24, 2.45) is 0 Å². The van der Waals surface area contributed by atoms with Crippen LogP contribution in [-0.4, -0.2) is 17.1 Å². The van der Waals surface area contributed by atoms with Gasteiger partial charge in [-0.1, -0.05) is 22.0 Å². The number of ether oxygens (including phenoxy) is 2. The highest BCUT2D eigenvalue weighted by Gasteiger charge is 2.00. The van der Waals surface area contributed by atoms with Crippen molar-refractivity contribution in [2.75, 3.05) is 7.11 Å². The summed E-state index contributed by atoms with van der Waals surface area (Å²) in [5.74, 6) is 1.31. The van der Waals surface area contributed by atoms with Gasteiger partial charge in [0, 0.05) is 11.4 Å². The predicted molar refractivity (Wildman–Crippen MR) is 72.0 cm³/mol. The van der Waals surface area contributed by atoms with Gasteiger partial charge in [-0.25, -0.2) is 4.98 Å². The lowest BCUT2D eigenvalue weighted by Crippen LogP contribution is -2.00. The van der Waals surface area contributed by atoms with E-state index in [4.69, 9.17) is 9.47 Å². The van der Waals surface area contributed by atoms with Crippen molar-refractivity contribution in [3.63, 3.8) is 0 Å². The van der Waals surface area contributed by atoms with Gasteiger partial charge in [-0.2, -0.15) is 0 Å². The Hall–Kier alpha value is -1.62. The molecule has 2 rings (SSSR count). The quantitative estimate of drug-likeness (QED) is 0.797. The molecular weight excluding hydrogens is 296 g/mol. The van der Waals surface area contributed by atoms with Crippen molar-refractivity contribution in [3.8, 4) is 11.6 Å². The summed E-state index contributed by atoms with van der Waals surface area (Å²) in [5, 5.41) is 0.741. The number of rotatable bonds is 5. The fraction of sp³-hybridized carbons (Fsp3) is 0.231. The van der Waals surface area contributed by atoms with Gasteiger partial charge in [-0.05, 0) is 18.2 Å². The molecule has 0 amide bonds. The summed E-state index contributed by atoms with van der Waals surface area (Å²) in [4.78, 5) is 8.49. The van der Waals surface area contributed by atoms with Crippen LogP contribution in [0.5, 0.6) is 11.6 Å².